The van der Waals surface area contributed by atoms with Gasteiger partial charge in [0.05, 0.1) is 11.2 Å². The van der Waals surface area contributed by atoms with Crippen molar-refractivity contribution < 1.29 is 0 Å². The first kappa shape index (κ1) is 15.2. The Morgan fingerprint density at radius 3 is 2.50 bits per heavy atom. The highest BCUT2D eigenvalue weighted by molar-refractivity contribution is 7.09. The van der Waals surface area contributed by atoms with Crippen LogP contribution in [0.3, 0.4) is 0 Å². The smallest absolute Gasteiger partial charge is 0.0798 e. The molecule has 2 rings (SSSR count). The number of nitrogens with two attached hydrogens (primary N) is 1. The summed E-state index contributed by atoms with van der Waals surface area (Å²) in [5, 5.41) is 0. The molecule has 0 aliphatic rings. The molecule has 1 atom stereocenters. The van der Waals surface area contributed by atoms with Crippen molar-refractivity contribution in [2.24, 2.45) is 5.73 Å². The zero-order valence-corrected chi connectivity index (χ0v) is 13.3. The van der Waals surface area contributed by atoms with Crippen LogP contribution in [0.15, 0.2) is 29.8 Å². The van der Waals surface area contributed by atoms with Gasteiger partial charge in [0, 0.05) is 18.0 Å². The predicted octanol–water partition coefficient (Wildman–Crippen LogP) is 3.15. The molecule has 1 unspecified atom stereocenters. The lowest BCUT2D eigenvalue weighted by Crippen LogP contribution is -2.17. The summed E-state index contributed by atoms with van der Waals surface area (Å²) in [4.78, 5) is 7.97. The van der Waals surface area contributed by atoms with Crippen LogP contribution in [0.25, 0.3) is 0 Å². The van der Waals surface area contributed by atoms with Crippen LogP contribution in [0.4, 0.5) is 0 Å². The van der Waals surface area contributed by atoms with E-state index in [0.29, 0.717) is 12.5 Å². The quantitative estimate of drug-likeness (QED) is 0.888. The van der Waals surface area contributed by atoms with E-state index in [2.05, 4.69) is 55.0 Å². The topological polar surface area (TPSA) is 42.2 Å². The van der Waals surface area contributed by atoms with Crippen LogP contribution in [0, 0.1) is 6.92 Å². The standard InChI is InChI=1S/C16H23N3S/c1-12(8-17)15-6-4-14(5-7-15)9-19(3)10-16-13(2)18-11-20-16/h4-7,11-12H,8-10,17H2,1-3H3. The fraction of sp³-hybridized carbons (Fsp3) is 0.438. The summed E-state index contributed by atoms with van der Waals surface area (Å²) in [5.41, 5.74) is 11.4. The number of hydrogen-bond donors (Lipinski definition) is 1. The number of aromatic nitrogens is 1. The third-order valence-corrected chi connectivity index (χ3v) is 4.53. The van der Waals surface area contributed by atoms with Crippen molar-refractivity contribution in [2.75, 3.05) is 13.6 Å². The molecule has 2 N–H and O–H groups in total. The summed E-state index contributed by atoms with van der Waals surface area (Å²) in [6, 6.07) is 8.80. The van der Waals surface area contributed by atoms with E-state index >= 15 is 0 Å². The molecule has 0 spiro atoms. The maximum atomic E-state index is 5.70. The molecule has 0 radical (unpaired) electrons. The first-order valence-corrected chi connectivity index (χ1v) is 7.84. The number of rotatable bonds is 6. The number of benzene rings is 1. The van der Waals surface area contributed by atoms with Crippen LogP contribution < -0.4 is 5.73 Å². The van der Waals surface area contributed by atoms with Gasteiger partial charge in [-0.05, 0) is 37.6 Å². The van der Waals surface area contributed by atoms with E-state index in [4.69, 9.17) is 5.73 Å². The molecule has 1 aromatic heterocycles. The molecule has 20 heavy (non-hydrogen) atoms. The molecular weight excluding hydrogens is 266 g/mol. The van der Waals surface area contributed by atoms with Gasteiger partial charge in [0.2, 0.25) is 0 Å². The van der Waals surface area contributed by atoms with Gasteiger partial charge in [-0.1, -0.05) is 31.2 Å². The molecule has 2 aromatic rings. The maximum Gasteiger partial charge on any atom is 0.0798 e. The second kappa shape index (κ2) is 6.97. The molecule has 0 aliphatic heterocycles. The van der Waals surface area contributed by atoms with Crippen LogP contribution in [-0.2, 0) is 13.1 Å². The monoisotopic (exact) mass is 289 g/mol. The van der Waals surface area contributed by atoms with Crippen molar-refractivity contribution >= 4 is 11.3 Å². The summed E-state index contributed by atoms with van der Waals surface area (Å²) in [6.45, 7) is 6.84. The van der Waals surface area contributed by atoms with Crippen molar-refractivity contribution in [1.82, 2.24) is 9.88 Å². The zero-order chi connectivity index (χ0) is 14.5. The Hall–Kier alpha value is -1.23. The van der Waals surface area contributed by atoms with Gasteiger partial charge in [-0.2, -0.15) is 0 Å². The van der Waals surface area contributed by atoms with Crippen LogP contribution in [-0.4, -0.2) is 23.5 Å². The van der Waals surface area contributed by atoms with Gasteiger partial charge in [-0.25, -0.2) is 4.98 Å². The Morgan fingerprint density at radius 1 is 1.25 bits per heavy atom. The van der Waals surface area contributed by atoms with Crippen molar-refractivity contribution in [3.63, 3.8) is 0 Å². The number of thiazole rings is 1. The lowest BCUT2D eigenvalue weighted by atomic mass is 10.00. The Balaban J connectivity index is 1.94. The molecule has 0 bridgehead atoms. The highest BCUT2D eigenvalue weighted by Crippen LogP contribution is 2.18. The zero-order valence-electron chi connectivity index (χ0n) is 12.5. The first-order chi connectivity index (χ1) is 9.60. The normalized spacial score (nSPS) is 12.8. The number of hydrogen-bond acceptors (Lipinski definition) is 4. The van der Waals surface area contributed by atoms with E-state index in [1.807, 2.05) is 5.51 Å². The van der Waals surface area contributed by atoms with Gasteiger partial charge in [-0.15, -0.1) is 11.3 Å². The highest BCUT2D eigenvalue weighted by atomic mass is 32.1. The van der Waals surface area contributed by atoms with Crippen molar-refractivity contribution in [3.8, 4) is 0 Å². The highest BCUT2D eigenvalue weighted by Gasteiger charge is 2.07. The Labute approximate surface area is 125 Å². The third-order valence-electron chi connectivity index (χ3n) is 3.61. The molecule has 0 saturated heterocycles. The molecule has 4 heteroatoms. The lowest BCUT2D eigenvalue weighted by Gasteiger charge is -2.17. The fourth-order valence-corrected chi connectivity index (χ4v) is 3.03. The van der Waals surface area contributed by atoms with Crippen molar-refractivity contribution in [3.05, 3.63) is 51.5 Å². The first-order valence-electron chi connectivity index (χ1n) is 6.96. The van der Waals surface area contributed by atoms with E-state index < -0.39 is 0 Å². The van der Waals surface area contributed by atoms with Gasteiger partial charge < -0.3 is 5.73 Å². The lowest BCUT2D eigenvalue weighted by molar-refractivity contribution is 0.321. The SMILES string of the molecule is Cc1ncsc1CN(C)Cc1ccc(C(C)CN)cc1. The maximum absolute atomic E-state index is 5.70. The van der Waals surface area contributed by atoms with Gasteiger partial charge in [0.25, 0.3) is 0 Å². The van der Waals surface area contributed by atoms with E-state index in [9.17, 15) is 0 Å². The average Bonchev–Trinajstić information content (AvgIpc) is 2.84. The minimum Gasteiger partial charge on any atom is -0.330 e. The molecule has 3 nitrogen and oxygen atoms in total. The summed E-state index contributed by atoms with van der Waals surface area (Å²) < 4.78 is 0. The molecule has 1 heterocycles. The summed E-state index contributed by atoms with van der Waals surface area (Å²) in [5.74, 6) is 0.432. The molecule has 108 valence electrons. The number of nitrogens with zero attached hydrogens (tertiary/aromatic N) is 2. The van der Waals surface area contributed by atoms with Gasteiger partial charge in [-0.3, -0.25) is 4.90 Å². The van der Waals surface area contributed by atoms with Crippen LogP contribution in [0.5, 0.6) is 0 Å². The van der Waals surface area contributed by atoms with Crippen molar-refractivity contribution in [2.45, 2.75) is 32.9 Å². The summed E-state index contributed by atoms with van der Waals surface area (Å²) in [7, 11) is 2.15. The summed E-state index contributed by atoms with van der Waals surface area (Å²) in [6.07, 6.45) is 0. The van der Waals surface area contributed by atoms with E-state index in [1.165, 1.54) is 16.0 Å². The molecule has 0 saturated carbocycles. The van der Waals surface area contributed by atoms with Gasteiger partial charge in [0.15, 0.2) is 0 Å². The second-order valence-electron chi connectivity index (χ2n) is 5.41. The fourth-order valence-electron chi connectivity index (χ4n) is 2.18. The molecular formula is C16H23N3S. The Morgan fingerprint density at radius 2 is 1.95 bits per heavy atom. The largest absolute Gasteiger partial charge is 0.330 e. The summed E-state index contributed by atoms with van der Waals surface area (Å²) >= 11 is 1.73. The molecule has 0 amide bonds. The average molecular weight is 289 g/mol. The molecule has 1 aromatic carbocycles. The van der Waals surface area contributed by atoms with Gasteiger partial charge in [0.1, 0.15) is 0 Å². The van der Waals surface area contributed by atoms with E-state index in [-0.39, 0.29) is 0 Å². The second-order valence-corrected chi connectivity index (χ2v) is 6.35. The van der Waals surface area contributed by atoms with Crippen LogP contribution >= 0.6 is 11.3 Å². The predicted molar refractivity (Wildman–Crippen MR) is 85.9 cm³/mol. The number of aryl methyl sites for hydroxylation is 1. The molecule has 0 fully saturated rings. The Bertz CT molecular complexity index is 533. The van der Waals surface area contributed by atoms with E-state index in [0.717, 1.165) is 18.8 Å². The minimum absolute atomic E-state index is 0.432. The third kappa shape index (κ3) is 3.88. The van der Waals surface area contributed by atoms with Crippen LogP contribution in [0.1, 0.15) is 34.5 Å². The van der Waals surface area contributed by atoms with Crippen LogP contribution in [0.2, 0.25) is 0 Å². The Kier molecular flexibility index (Phi) is 5.29. The molecule has 0 aliphatic carbocycles. The van der Waals surface area contributed by atoms with Gasteiger partial charge >= 0.3 is 0 Å². The van der Waals surface area contributed by atoms with Crippen molar-refractivity contribution in [1.29, 1.82) is 0 Å². The van der Waals surface area contributed by atoms with E-state index in [1.54, 1.807) is 11.3 Å². The minimum atomic E-state index is 0.432.